The second-order valence-electron chi connectivity index (χ2n) is 8.39. The third-order valence-electron chi connectivity index (χ3n) is 6.41. The van der Waals surface area contributed by atoms with Crippen LogP contribution in [0.1, 0.15) is 35.8 Å². The van der Waals surface area contributed by atoms with Crippen LogP contribution in [-0.4, -0.2) is 40.8 Å². The fraction of sp³-hybridized carbons (Fsp3) is 0.360. The lowest BCUT2D eigenvalue weighted by molar-refractivity contribution is -0.144. The van der Waals surface area contributed by atoms with E-state index in [1.54, 1.807) is 11.3 Å². The molecule has 0 bridgehead atoms. The number of likely N-dealkylation sites (tertiary alicyclic amines) is 1. The van der Waals surface area contributed by atoms with Gasteiger partial charge in [-0.25, -0.2) is 0 Å². The normalized spacial score (nSPS) is 20.5. The number of fused-ring (bicyclic) bond motifs is 1. The molecule has 1 fully saturated rings. The van der Waals surface area contributed by atoms with Crippen molar-refractivity contribution in [1.82, 2.24) is 4.90 Å². The zero-order valence-electron chi connectivity index (χ0n) is 17.3. The Kier molecular flexibility index (Phi) is 5.74. The van der Waals surface area contributed by atoms with Gasteiger partial charge in [0.05, 0.1) is 11.8 Å². The topological polar surface area (TPSA) is 62.1 Å². The third kappa shape index (κ3) is 4.23. The Labute approximate surface area is 185 Å². The molecule has 2 aromatic carbocycles. The average Bonchev–Trinajstić information content (AvgIpc) is 3.51. The SMILES string of the molecule is O=C(C1CC(Cc2cccc3ccccc23)=NO1)N1CCC(C(O)c2cccs2)CC1. The smallest absolute Gasteiger partial charge is 0.266 e. The van der Waals surface area contributed by atoms with Crippen molar-refractivity contribution < 1.29 is 14.7 Å². The van der Waals surface area contributed by atoms with Crippen LogP contribution in [0.4, 0.5) is 0 Å². The molecular weight excluding hydrogens is 408 g/mol. The Morgan fingerprint density at radius 2 is 1.94 bits per heavy atom. The summed E-state index contributed by atoms with van der Waals surface area (Å²) in [7, 11) is 0. The monoisotopic (exact) mass is 434 g/mol. The van der Waals surface area contributed by atoms with Gasteiger partial charge in [-0.05, 0) is 46.5 Å². The highest BCUT2D eigenvalue weighted by molar-refractivity contribution is 7.10. The molecular formula is C25H26N2O3S. The molecule has 31 heavy (non-hydrogen) atoms. The molecule has 1 aromatic heterocycles. The molecule has 1 saturated heterocycles. The van der Waals surface area contributed by atoms with Crippen molar-refractivity contribution in [2.75, 3.05) is 13.1 Å². The van der Waals surface area contributed by atoms with E-state index in [1.165, 1.54) is 16.3 Å². The number of aliphatic hydroxyl groups is 1. The standard InChI is InChI=1S/C25H26N2O3S/c28-24(23-9-4-14-31-23)18-10-12-27(13-11-18)25(29)22-16-20(26-30-22)15-19-7-3-6-17-5-1-2-8-21(17)19/h1-9,14,18,22,24,28H,10-13,15-16H2. The second kappa shape index (κ2) is 8.81. The summed E-state index contributed by atoms with van der Waals surface area (Å²) in [6.45, 7) is 1.31. The summed E-state index contributed by atoms with van der Waals surface area (Å²) < 4.78 is 0. The van der Waals surface area contributed by atoms with Crippen molar-refractivity contribution in [2.45, 2.75) is 37.9 Å². The van der Waals surface area contributed by atoms with Gasteiger partial charge in [-0.3, -0.25) is 4.79 Å². The number of aliphatic hydroxyl groups excluding tert-OH is 1. The largest absolute Gasteiger partial charge is 0.387 e. The maximum absolute atomic E-state index is 13.0. The number of hydrogen-bond acceptors (Lipinski definition) is 5. The van der Waals surface area contributed by atoms with Gasteiger partial charge in [0.15, 0.2) is 0 Å². The molecule has 3 aromatic rings. The lowest BCUT2D eigenvalue weighted by Crippen LogP contribution is -2.44. The number of amides is 1. The Morgan fingerprint density at radius 3 is 2.74 bits per heavy atom. The summed E-state index contributed by atoms with van der Waals surface area (Å²) in [5.74, 6) is 0.214. The van der Waals surface area contributed by atoms with Gasteiger partial charge in [-0.2, -0.15) is 0 Å². The van der Waals surface area contributed by atoms with E-state index in [1.807, 2.05) is 34.5 Å². The van der Waals surface area contributed by atoms with E-state index in [2.05, 4.69) is 35.5 Å². The number of piperidine rings is 1. The van der Waals surface area contributed by atoms with E-state index in [4.69, 9.17) is 4.84 Å². The van der Waals surface area contributed by atoms with Crippen LogP contribution in [0.15, 0.2) is 65.1 Å². The predicted octanol–water partition coefficient (Wildman–Crippen LogP) is 4.56. The molecule has 0 radical (unpaired) electrons. The molecule has 1 amide bonds. The maximum atomic E-state index is 13.0. The van der Waals surface area contributed by atoms with Gasteiger partial charge in [0.25, 0.3) is 5.91 Å². The molecule has 2 aliphatic rings. The summed E-state index contributed by atoms with van der Waals surface area (Å²) >= 11 is 1.59. The number of benzene rings is 2. The summed E-state index contributed by atoms with van der Waals surface area (Å²) in [5.41, 5.74) is 2.12. The van der Waals surface area contributed by atoms with Crippen molar-refractivity contribution in [1.29, 1.82) is 0 Å². The van der Waals surface area contributed by atoms with Gasteiger partial charge in [-0.1, -0.05) is 53.7 Å². The summed E-state index contributed by atoms with van der Waals surface area (Å²) in [6, 6.07) is 18.6. The Hall–Kier alpha value is -2.70. The lowest BCUT2D eigenvalue weighted by Gasteiger charge is -2.34. The predicted molar refractivity (Wildman–Crippen MR) is 123 cm³/mol. The highest BCUT2D eigenvalue weighted by Crippen LogP contribution is 2.33. The van der Waals surface area contributed by atoms with Crippen molar-refractivity contribution in [3.05, 3.63) is 70.4 Å². The maximum Gasteiger partial charge on any atom is 0.266 e. The van der Waals surface area contributed by atoms with Crippen molar-refractivity contribution in [3.8, 4) is 0 Å². The van der Waals surface area contributed by atoms with Crippen molar-refractivity contribution >= 4 is 33.7 Å². The van der Waals surface area contributed by atoms with Crippen molar-refractivity contribution in [2.24, 2.45) is 11.1 Å². The third-order valence-corrected chi connectivity index (χ3v) is 7.36. The van der Waals surface area contributed by atoms with E-state index < -0.39 is 12.2 Å². The Balaban J connectivity index is 1.16. The van der Waals surface area contributed by atoms with Crippen LogP contribution in [0.25, 0.3) is 10.8 Å². The summed E-state index contributed by atoms with van der Waals surface area (Å²) in [6.07, 6.45) is 1.89. The molecule has 6 heteroatoms. The molecule has 0 spiro atoms. The van der Waals surface area contributed by atoms with Gasteiger partial charge in [0, 0.05) is 30.8 Å². The first-order valence-corrected chi connectivity index (χ1v) is 11.8. The molecule has 0 aliphatic carbocycles. The fourth-order valence-electron chi connectivity index (χ4n) is 4.66. The highest BCUT2D eigenvalue weighted by atomic mass is 32.1. The molecule has 160 valence electrons. The van der Waals surface area contributed by atoms with Crippen molar-refractivity contribution in [3.63, 3.8) is 0 Å². The van der Waals surface area contributed by atoms with Crippen LogP contribution in [0, 0.1) is 5.92 Å². The second-order valence-corrected chi connectivity index (χ2v) is 9.37. The van der Waals surface area contributed by atoms with Crippen LogP contribution in [-0.2, 0) is 16.1 Å². The molecule has 0 saturated carbocycles. The number of rotatable bonds is 5. The van der Waals surface area contributed by atoms with Crippen LogP contribution in [0.3, 0.4) is 0 Å². The van der Waals surface area contributed by atoms with E-state index in [9.17, 15) is 9.90 Å². The van der Waals surface area contributed by atoms with Crippen LogP contribution < -0.4 is 0 Å². The number of carbonyl (C=O) groups excluding carboxylic acids is 1. The van der Waals surface area contributed by atoms with E-state index in [0.717, 1.165) is 23.4 Å². The van der Waals surface area contributed by atoms with Crippen LogP contribution >= 0.6 is 11.3 Å². The van der Waals surface area contributed by atoms with E-state index >= 15 is 0 Å². The van der Waals surface area contributed by atoms with Gasteiger partial charge in [0.1, 0.15) is 0 Å². The van der Waals surface area contributed by atoms with E-state index in [0.29, 0.717) is 25.9 Å². The van der Waals surface area contributed by atoms with Crippen LogP contribution in [0.2, 0.25) is 0 Å². The number of hydrogen-bond donors (Lipinski definition) is 1. The molecule has 1 N–H and O–H groups in total. The van der Waals surface area contributed by atoms with E-state index in [-0.39, 0.29) is 11.8 Å². The average molecular weight is 435 g/mol. The van der Waals surface area contributed by atoms with Gasteiger partial charge in [0.2, 0.25) is 6.10 Å². The number of nitrogens with zero attached hydrogens (tertiary/aromatic N) is 2. The molecule has 5 nitrogen and oxygen atoms in total. The Morgan fingerprint density at radius 1 is 1.13 bits per heavy atom. The quantitative estimate of drug-likeness (QED) is 0.640. The minimum Gasteiger partial charge on any atom is -0.387 e. The van der Waals surface area contributed by atoms with Gasteiger partial charge >= 0.3 is 0 Å². The molecule has 2 atom stereocenters. The minimum absolute atomic E-state index is 0.0146. The minimum atomic E-state index is -0.524. The molecule has 5 rings (SSSR count). The highest BCUT2D eigenvalue weighted by Gasteiger charge is 2.35. The number of thiophene rings is 1. The van der Waals surface area contributed by atoms with Gasteiger partial charge < -0.3 is 14.8 Å². The molecule has 2 unspecified atom stereocenters. The number of carbonyl (C=O) groups is 1. The summed E-state index contributed by atoms with van der Waals surface area (Å²) in [4.78, 5) is 21.4. The zero-order chi connectivity index (χ0) is 21.2. The fourth-order valence-corrected chi connectivity index (χ4v) is 5.46. The first kappa shape index (κ1) is 20.2. The first-order chi connectivity index (χ1) is 15.2. The van der Waals surface area contributed by atoms with Gasteiger partial charge in [-0.15, -0.1) is 11.3 Å². The first-order valence-electron chi connectivity index (χ1n) is 10.9. The Bertz CT molecular complexity index is 1080. The number of oxime groups is 1. The lowest BCUT2D eigenvalue weighted by atomic mass is 9.90. The van der Waals surface area contributed by atoms with Crippen LogP contribution in [0.5, 0.6) is 0 Å². The molecule has 2 aliphatic heterocycles. The molecule has 3 heterocycles. The zero-order valence-corrected chi connectivity index (χ0v) is 18.1. The summed E-state index contributed by atoms with van der Waals surface area (Å²) in [5, 5.41) is 19.2.